The largest absolute Gasteiger partial charge is 0.383 e. The summed E-state index contributed by atoms with van der Waals surface area (Å²) in [5, 5.41) is 20.6. The molecular formula is C28H31FN8O2. The first-order valence-electron chi connectivity index (χ1n) is 13.0. The van der Waals surface area contributed by atoms with Crippen LogP contribution in [-0.2, 0) is 16.0 Å². The first-order valence-corrected chi connectivity index (χ1v) is 13.0. The number of pyridine rings is 1. The lowest BCUT2D eigenvalue weighted by Gasteiger charge is -2.36. The Bertz CT molecular complexity index is 1390. The summed E-state index contributed by atoms with van der Waals surface area (Å²) in [6.45, 7) is 3.04. The van der Waals surface area contributed by atoms with Crippen molar-refractivity contribution >= 4 is 17.4 Å². The Morgan fingerprint density at radius 3 is 2.62 bits per heavy atom. The molecule has 0 spiro atoms. The maximum absolute atomic E-state index is 14.2. The van der Waals surface area contributed by atoms with Gasteiger partial charge in [0, 0.05) is 30.8 Å². The molecule has 202 valence electrons. The topological polar surface area (TPSA) is 121 Å². The third kappa shape index (κ3) is 6.44. The molecule has 1 amide bonds. The standard InChI is InChI=1S/C28H31FN8O2/c1-39-15-14-37(20-10-12-30-13-11-20)26-17-19(18-27(38)32-24-9-5-4-8-23(24)29)16-25(31-26)21-6-2-3-7-22(21)28-33-35-36-34-28/h2-9,16-17,20,30H,10-15,18H2,1H3,(H,32,38)(H,33,34,35,36). The second-order valence-electron chi connectivity index (χ2n) is 9.37. The lowest BCUT2D eigenvalue weighted by Crippen LogP contribution is -2.45. The second-order valence-corrected chi connectivity index (χ2v) is 9.37. The summed E-state index contributed by atoms with van der Waals surface area (Å²) in [5.74, 6) is 0.409. The van der Waals surface area contributed by atoms with Gasteiger partial charge in [-0.1, -0.05) is 36.4 Å². The first kappa shape index (κ1) is 26.4. The molecule has 0 unspecified atom stereocenters. The molecule has 11 heteroatoms. The van der Waals surface area contributed by atoms with Gasteiger partial charge < -0.3 is 20.3 Å². The molecule has 2 aromatic heterocycles. The van der Waals surface area contributed by atoms with Crippen LogP contribution in [0.4, 0.5) is 15.9 Å². The number of amides is 1. The zero-order chi connectivity index (χ0) is 27.0. The lowest BCUT2D eigenvalue weighted by atomic mass is 10.00. The van der Waals surface area contributed by atoms with Crippen LogP contribution in [-0.4, -0.2) is 70.9 Å². The van der Waals surface area contributed by atoms with Crippen molar-refractivity contribution in [1.29, 1.82) is 0 Å². The molecular weight excluding hydrogens is 499 g/mol. The van der Waals surface area contributed by atoms with Crippen LogP contribution in [0.3, 0.4) is 0 Å². The lowest BCUT2D eigenvalue weighted by molar-refractivity contribution is -0.115. The molecule has 0 bridgehead atoms. The Morgan fingerprint density at radius 1 is 1.10 bits per heavy atom. The maximum Gasteiger partial charge on any atom is 0.228 e. The van der Waals surface area contributed by atoms with Crippen LogP contribution in [0, 0.1) is 5.82 Å². The van der Waals surface area contributed by atoms with E-state index in [1.165, 1.54) is 6.07 Å². The summed E-state index contributed by atoms with van der Waals surface area (Å²) >= 11 is 0. The molecule has 4 aromatic rings. The minimum atomic E-state index is -0.479. The Kier molecular flexibility index (Phi) is 8.49. The van der Waals surface area contributed by atoms with E-state index in [1.807, 2.05) is 36.4 Å². The van der Waals surface area contributed by atoms with Crippen LogP contribution in [0.1, 0.15) is 18.4 Å². The number of methoxy groups -OCH3 is 1. The normalized spacial score (nSPS) is 13.8. The number of piperidine rings is 1. The number of rotatable bonds is 10. The average molecular weight is 531 g/mol. The fourth-order valence-electron chi connectivity index (χ4n) is 4.87. The van der Waals surface area contributed by atoms with E-state index in [0.717, 1.165) is 48.4 Å². The number of tetrazole rings is 1. The number of H-pyrrole nitrogens is 1. The highest BCUT2D eigenvalue weighted by Crippen LogP contribution is 2.32. The van der Waals surface area contributed by atoms with Gasteiger partial charge in [0.1, 0.15) is 11.6 Å². The van der Waals surface area contributed by atoms with Gasteiger partial charge >= 0.3 is 0 Å². The monoisotopic (exact) mass is 530 g/mol. The van der Waals surface area contributed by atoms with Crippen molar-refractivity contribution in [2.24, 2.45) is 0 Å². The third-order valence-electron chi connectivity index (χ3n) is 6.75. The number of hydrogen-bond acceptors (Lipinski definition) is 8. The molecule has 1 fully saturated rings. The van der Waals surface area contributed by atoms with Crippen molar-refractivity contribution in [1.82, 2.24) is 30.9 Å². The van der Waals surface area contributed by atoms with E-state index >= 15 is 0 Å². The molecule has 3 heterocycles. The zero-order valence-corrected chi connectivity index (χ0v) is 21.7. The zero-order valence-electron chi connectivity index (χ0n) is 21.7. The molecule has 3 N–H and O–H groups in total. The molecule has 0 saturated carbocycles. The molecule has 0 aliphatic carbocycles. The van der Waals surface area contributed by atoms with E-state index in [-0.39, 0.29) is 24.1 Å². The molecule has 10 nitrogen and oxygen atoms in total. The average Bonchev–Trinajstić information content (AvgIpc) is 3.50. The number of para-hydroxylation sites is 1. The SMILES string of the molecule is COCCN(c1cc(CC(=O)Nc2ccccc2F)cc(-c2ccccc2-c2nn[nH]n2)n1)C1CCNCC1. The van der Waals surface area contributed by atoms with Gasteiger partial charge in [-0.3, -0.25) is 4.79 Å². The summed E-state index contributed by atoms with van der Waals surface area (Å²) in [6, 6.07) is 17.9. The molecule has 1 aliphatic heterocycles. The van der Waals surface area contributed by atoms with Crippen molar-refractivity contribution in [3.8, 4) is 22.6 Å². The number of hydrogen-bond donors (Lipinski definition) is 3. The van der Waals surface area contributed by atoms with Gasteiger partial charge in [0.15, 0.2) is 0 Å². The third-order valence-corrected chi connectivity index (χ3v) is 6.75. The number of halogens is 1. The van der Waals surface area contributed by atoms with Gasteiger partial charge in [0.2, 0.25) is 11.7 Å². The molecule has 0 radical (unpaired) electrons. The first-order chi connectivity index (χ1) is 19.1. The number of nitrogens with one attached hydrogen (secondary N) is 3. The van der Waals surface area contributed by atoms with Crippen molar-refractivity contribution in [3.05, 3.63) is 72.0 Å². The van der Waals surface area contributed by atoms with E-state index in [4.69, 9.17) is 9.72 Å². The minimum absolute atomic E-state index is 0.0472. The molecule has 39 heavy (non-hydrogen) atoms. The van der Waals surface area contributed by atoms with E-state index in [2.05, 4.69) is 36.2 Å². The maximum atomic E-state index is 14.2. The van der Waals surface area contributed by atoms with Crippen LogP contribution in [0.15, 0.2) is 60.7 Å². The van der Waals surface area contributed by atoms with Gasteiger partial charge in [-0.05, 0) is 61.0 Å². The number of aromatic nitrogens is 5. The Morgan fingerprint density at radius 2 is 1.87 bits per heavy atom. The summed E-state index contributed by atoms with van der Waals surface area (Å²) in [4.78, 5) is 20.4. The highest BCUT2D eigenvalue weighted by molar-refractivity contribution is 5.92. The summed E-state index contributed by atoms with van der Waals surface area (Å²) in [7, 11) is 1.68. The van der Waals surface area contributed by atoms with Crippen LogP contribution in [0.5, 0.6) is 0 Å². The number of carbonyl (C=O) groups is 1. The van der Waals surface area contributed by atoms with Crippen LogP contribution >= 0.6 is 0 Å². The minimum Gasteiger partial charge on any atom is -0.383 e. The number of aromatic amines is 1. The predicted octanol–water partition coefficient (Wildman–Crippen LogP) is 3.45. The Labute approximate surface area is 226 Å². The number of ether oxygens (including phenoxy) is 1. The Hall–Kier alpha value is -4.22. The van der Waals surface area contributed by atoms with Crippen molar-refractivity contribution < 1.29 is 13.9 Å². The highest BCUT2D eigenvalue weighted by atomic mass is 19.1. The van der Waals surface area contributed by atoms with E-state index < -0.39 is 5.82 Å². The van der Waals surface area contributed by atoms with Crippen molar-refractivity contribution in [3.63, 3.8) is 0 Å². The van der Waals surface area contributed by atoms with Crippen LogP contribution in [0.2, 0.25) is 0 Å². The van der Waals surface area contributed by atoms with Crippen molar-refractivity contribution in [2.45, 2.75) is 25.3 Å². The van der Waals surface area contributed by atoms with Gasteiger partial charge in [-0.15, -0.1) is 10.2 Å². The second kappa shape index (κ2) is 12.5. The highest BCUT2D eigenvalue weighted by Gasteiger charge is 2.24. The van der Waals surface area contributed by atoms with Crippen molar-refractivity contribution in [2.75, 3.05) is 43.6 Å². The fraction of sp³-hybridized carbons (Fsp3) is 0.321. The summed E-state index contributed by atoms with van der Waals surface area (Å²) in [6.07, 6.45) is 1.99. The predicted molar refractivity (Wildman–Crippen MR) is 147 cm³/mol. The van der Waals surface area contributed by atoms with Crippen LogP contribution < -0.4 is 15.5 Å². The van der Waals surface area contributed by atoms with Crippen LogP contribution in [0.25, 0.3) is 22.6 Å². The summed E-state index contributed by atoms with van der Waals surface area (Å²) < 4.78 is 19.6. The number of carbonyl (C=O) groups excluding carboxylic acids is 1. The number of nitrogens with zero attached hydrogens (tertiary/aromatic N) is 5. The van der Waals surface area contributed by atoms with E-state index in [0.29, 0.717) is 24.7 Å². The van der Waals surface area contributed by atoms with E-state index in [1.54, 1.807) is 25.3 Å². The quantitative estimate of drug-likeness (QED) is 0.285. The smallest absolute Gasteiger partial charge is 0.228 e. The number of benzene rings is 2. The fourth-order valence-corrected chi connectivity index (χ4v) is 4.87. The molecule has 2 aromatic carbocycles. The molecule has 0 atom stereocenters. The van der Waals surface area contributed by atoms with Gasteiger partial charge in [0.05, 0.1) is 24.4 Å². The molecule has 1 saturated heterocycles. The molecule has 1 aliphatic rings. The van der Waals surface area contributed by atoms with E-state index in [9.17, 15) is 9.18 Å². The molecule has 5 rings (SSSR count). The van der Waals surface area contributed by atoms with Gasteiger partial charge in [-0.25, -0.2) is 9.37 Å². The van der Waals surface area contributed by atoms with Gasteiger partial charge in [0.25, 0.3) is 0 Å². The summed E-state index contributed by atoms with van der Waals surface area (Å²) in [5.41, 5.74) is 3.16. The number of anilines is 2. The van der Waals surface area contributed by atoms with Gasteiger partial charge in [-0.2, -0.15) is 5.21 Å². The Balaban J connectivity index is 1.55.